The van der Waals surface area contributed by atoms with E-state index in [0.717, 1.165) is 5.56 Å². The minimum Gasteiger partial charge on any atom is -0.492 e. The number of anilines is 1. The van der Waals surface area contributed by atoms with Crippen molar-refractivity contribution in [2.45, 2.75) is 33.1 Å². The number of hydrazone groups is 1. The van der Waals surface area contributed by atoms with Crippen molar-refractivity contribution in [2.24, 2.45) is 5.10 Å². The van der Waals surface area contributed by atoms with Gasteiger partial charge in [-0.15, -0.1) is 0 Å². The molecular weight excluding hydrogens is 342 g/mol. The molecule has 0 spiro atoms. The largest absolute Gasteiger partial charge is 0.492 e. The molecule has 0 radical (unpaired) electrons. The van der Waals surface area contributed by atoms with Crippen molar-refractivity contribution in [3.63, 3.8) is 0 Å². The first kappa shape index (κ1) is 20.2. The molecule has 142 valence electrons. The molecule has 0 aliphatic rings. The molecule has 2 aromatic carbocycles. The van der Waals surface area contributed by atoms with Gasteiger partial charge < -0.3 is 10.1 Å². The summed E-state index contributed by atoms with van der Waals surface area (Å²) < 4.78 is 5.41. The Bertz CT molecular complexity index is 821. The molecule has 0 aromatic heterocycles. The van der Waals surface area contributed by atoms with Gasteiger partial charge in [0.1, 0.15) is 5.75 Å². The fraction of sp³-hybridized carbons (Fsp3) is 0.286. The summed E-state index contributed by atoms with van der Waals surface area (Å²) in [6.07, 6.45) is 1.49. The van der Waals surface area contributed by atoms with Gasteiger partial charge in [-0.1, -0.05) is 57.2 Å². The van der Waals surface area contributed by atoms with Crippen molar-refractivity contribution in [2.75, 3.05) is 11.9 Å². The number of ether oxygens (including phenoxy) is 1. The molecule has 0 atom stereocenters. The van der Waals surface area contributed by atoms with Gasteiger partial charge in [0.25, 0.3) is 0 Å². The number of rotatable bonds is 5. The van der Waals surface area contributed by atoms with Crippen LogP contribution in [0.25, 0.3) is 0 Å². The Balaban J connectivity index is 1.93. The van der Waals surface area contributed by atoms with E-state index in [2.05, 4.69) is 36.6 Å². The van der Waals surface area contributed by atoms with Crippen LogP contribution in [-0.2, 0) is 15.0 Å². The fourth-order valence-electron chi connectivity index (χ4n) is 2.32. The Morgan fingerprint density at radius 3 is 2.33 bits per heavy atom. The van der Waals surface area contributed by atoms with E-state index >= 15 is 0 Å². The van der Waals surface area contributed by atoms with Gasteiger partial charge in [-0.05, 0) is 35.6 Å². The van der Waals surface area contributed by atoms with Crippen molar-refractivity contribution < 1.29 is 14.3 Å². The van der Waals surface area contributed by atoms with E-state index in [-0.39, 0.29) is 5.41 Å². The van der Waals surface area contributed by atoms with E-state index in [1.165, 1.54) is 11.8 Å². The number of para-hydroxylation sites is 2. The highest BCUT2D eigenvalue weighted by atomic mass is 16.5. The predicted molar refractivity (Wildman–Crippen MR) is 107 cm³/mol. The van der Waals surface area contributed by atoms with Gasteiger partial charge in [0.05, 0.1) is 18.5 Å². The summed E-state index contributed by atoms with van der Waals surface area (Å²) in [6, 6.07) is 14.8. The maximum atomic E-state index is 12.0. The minimum absolute atomic E-state index is 0.0692. The third-order valence-electron chi connectivity index (χ3n) is 3.80. The molecule has 2 N–H and O–H groups in total. The molecule has 0 aliphatic heterocycles. The Morgan fingerprint density at radius 1 is 1.04 bits per heavy atom. The second-order valence-corrected chi connectivity index (χ2v) is 6.95. The number of amides is 2. The molecule has 0 heterocycles. The molecular formula is C21H25N3O3. The Hall–Kier alpha value is -3.15. The van der Waals surface area contributed by atoms with Crippen LogP contribution in [0.15, 0.2) is 53.6 Å². The van der Waals surface area contributed by atoms with Crippen molar-refractivity contribution in [1.82, 2.24) is 5.43 Å². The van der Waals surface area contributed by atoms with Crippen molar-refractivity contribution >= 4 is 23.7 Å². The maximum absolute atomic E-state index is 12.0. The smallest absolute Gasteiger partial charge is 0.329 e. The van der Waals surface area contributed by atoms with Crippen LogP contribution in [0.5, 0.6) is 5.75 Å². The second kappa shape index (κ2) is 8.98. The molecule has 0 unspecified atom stereocenters. The van der Waals surface area contributed by atoms with Gasteiger partial charge in [0.2, 0.25) is 0 Å². The fourth-order valence-corrected chi connectivity index (χ4v) is 2.32. The predicted octanol–water partition coefficient (Wildman–Crippen LogP) is 3.47. The lowest BCUT2D eigenvalue weighted by molar-refractivity contribution is -0.136. The van der Waals surface area contributed by atoms with Gasteiger partial charge >= 0.3 is 11.8 Å². The summed E-state index contributed by atoms with van der Waals surface area (Å²) in [7, 11) is 0. The quantitative estimate of drug-likeness (QED) is 0.482. The van der Waals surface area contributed by atoms with Crippen LogP contribution in [0, 0.1) is 0 Å². The summed E-state index contributed by atoms with van der Waals surface area (Å²) in [5.74, 6) is -1.17. The van der Waals surface area contributed by atoms with Crippen LogP contribution < -0.4 is 15.5 Å². The number of benzene rings is 2. The van der Waals surface area contributed by atoms with E-state index in [9.17, 15) is 9.59 Å². The van der Waals surface area contributed by atoms with Crippen molar-refractivity contribution in [3.8, 4) is 5.75 Å². The van der Waals surface area contributed by atoms with Crippen LogP contribution in [-0.4, -0.2) is 24.6 Å². The van der Waals surface area contributed by atoms with E-state index in [0.29, 0.717) is 18.0 Å². The zero-order chi connectivity index (χ0) is 19.9. The Morgan fingerprint density at radius 2 is 1.70 bits per heavy atom. The summed E-state index contributed by atoms with van der Waals surface area (Å²) in [5.41, 5.74) is 4.76. The van der Waals surface area contributed by atoms with Gasteiger partial charge in [-0.25, -0.2) is 5.43 Å². The summed E-state index contributed by atoms with van der Waals surface area (Å²) in [4.78, 5) is 23.9. The molecule has 0 saturated heterocycles. The normalized spacial score (nSPS) is 11.3. The van der Waals surface area contributed by atoms with Crippen molar-refractivity contribution in [1.29, 1.82) is 0 Å². The topological polar surface area (TPSA) is 79.8 Å². The third kappa shape index (κ3) is 5.95. The van der Waals surface area contributed by atoms with Crippen LogP contribution >= 0.6 is 0 Å². The Kier molecular flexibility index (Phi) is 6.71. The lowest BCUT2D eigenvalue weighted by Gasteiger charge is -2.18. The lowest BCUT2D eigenvalue weighted by atomic mass is 9.87. The molecule has 0 aliphatic carbocycles. The summed E-state index contributed by atoms with van der Waals surface area (Å²) >= 11 is 0. The van der Waals surface area contributed by atoms with E-state index in [4.69, 9.17) is 4.74 Å². The first-order valence-corrected chi connectivity index (χ1v) is 8.78. The van der Waals surface area contributed by atoms with Crippen LogP contribution in [0.3, 0.4) is 0 Å². The number of carbonyl (C=O) groups is 2. The first-order chi connectivity index (χ1) is 12.8. The lowest BCUT2D eigenvalue weighted by Crippen LogP contribution is -2.32. The van der Waals surface area contributed by atoms with Gasteiger partial charge in [0, 0.05) is 0 Å². The number of hydrogen-bond donors (Lipinski definition) is 2. The van der Waals surface area contributed by atoms with Gasteiger partial charge in [-0.3, -0.25) is 9.59 Å². The molecule has 6 heteroatoms. The zero-order valence-electron chi connectivity index (χ0n) is 16.1. The van der Waals surface area contributed by atoms with E-state index < -0.39 is 11.8 Å². The highest BCUT2D eigenvalue weighted by Gasteiger charge is 2.15. The molecule has 0 bridgehead atoms. The molecule has 2 aromatic rings. The van der Waals surface area contributed by atoms with E-state index in [1.54, 1.807) is 24.3 Å². The number of nitrogens with zero attached hydrogens (tertiary/aromatic N) is 1. The number of hydrogen-bond acceptors (Lipinski definition) is 4. The summed E-state index contributed by atoms with van der Waals surface area (Å²) in [5, 5.41) is 6.36. The monoisotopic (exact) mass is 367 g/mol. The molecule has 2 amide bonds. The molecule has 0 saturated carbocycles. The second-order valence-electron chi connectivity index (χ2n) is 6.95. The third-order valence-corrected chi connectivity index (χ3v) is 3.80. The average molecular weight is 367 g/mol. The van der Waals surface area contributed by atoms with Crippen molar-refractivity contribution in [3.05, 3.63) is 59.7 Å². The first-order valence-electron chi connectivity index (χ1n) is 8.78. The van der Waals surface area contributed by atoms with Gasteiger partial charge in [-0.2, -0.15) is 5.10 Å². The van der Waals surface area contributed by atoms with Crippen LogP contribution in [0.4, 0.5) is 5.69 Å². The minimum atomic E-state index is -0.858. The zero-order valence-corrected chi connectivity index (χ0v) is 16.1. The SMILES string of the molecule is CCOc1ccccc1NC(=O)C(=O)N/N=C\c1ccc(C(C)(C)C)cc1. The number of nitrogens with one attached hydrogen (secondary N) is 2. The molecule has 27 heavy (non-hydrogen) atoms. The average Bonchev–Trinajstić information content (AvgIpc) is 2.63. The highest BCUT2D eigenvalue weighted by molar-refractivity contribution is 6.39. The summed E-state index contributed by atoms with van der Waals surface area (Å²) in [6.45, 7) is 8.71. The van der Waals surface area contributed by atoms with E-state index in [1.807, 2.05) is 31.2 Å². The standard InChI is InChI=1S/C21H25N3O3/c1-5-27-18-9-7-6-8-17(18)23-19(25)20(26)24-22-14-15-10-12-16(13-11-15)21(2,3)4/h6-14H,5H2,1-4H3,(H,23,25)(H,24,26)/b22-14-. The maximum Gasteiger partial charge on any atom is 0.329 e. The van der Waals surface area contributed by atoms with Crippen LogP contribution in [0.2, 0.25) is 0 Å². The molecule has 6 nitrogen and oxygen atoms in total. The number of carbonyl (C=O) groups excluding carboxylic acids is 2. The molecule has 0 fully saturated rings. The molecule has 2 rings (SSSR count). The Labute approximate surface area is 159 Å². The van der Waals surface area contributed by atoms with Gasteiger partial charge in [0.15, 0.2) is 0 Å². The van der Waals surface area contributed by atoms with Crippen LogP contribution in [0.1, 0.15) is 38.8 Å². The highest BCUT2D eigenvalue weighted by Crippen LogP contribution is 2.23.